The average Bonchev–Trinajstić information content (AvgIpc) is 3.18. The van der Waals surface area contributed by atoms with Gasteiger partial charge in [-0.1, -0.05) is 31.5 Å². The number of nitrogens with two attached hydrogens (primary N) is 1. The second kappa shape index (κ2) is 9.06. The molecule has 160 valence electrons. The van der Waals surface area contributed by atoms with Gasteiger partial charge in [-0.05, 0) is 30.7 Å². The van der Waals surface area contributed by atoms with E-state index in [2.05, 4.69) is 11.9 Å². The molecule has 0 aliphatic heterocycles. The summed E-state index contributed by atoms with van der Waals surface area (Å²) in [5.41, 5.74) is 8.39. The third kappa shape index (κ3) is 4.04. The van der Waals surface area contributed by atoms with Crippen molar-refractivity contribution in [2.75, 3.05) is 19.5 Å². The molecule has 0 radical (unpaired) electrons. The van der Waals surface area contributed by atoms with Crippen molar-refractivity contribution in [3.8, 4) is 28.5 Å². The Balaban J connectivity index is 1.82. The molecule has 0 saturated heterocycles. The van der Waals surface area contributed by atoms with Gasteiger partial charge < -0.3 is 20.3 Å². The minimum Gasteiger partial charge on any atom is -0.496 e. The van der Waals surface area contributed by atoms with Gasteiger partial charge in [0.15, 0.2) is 0 Å². The minimum atomic E-state index is -0.0975. The highest BCUT2D eigenvalue weighted by Gasteiger charge is 2.23. The smallest absolute Gasteiger partial charge is 0.150 e. The summed E-state index contributed by atoms with van der Waals surface area (Å²) in [6.45, 7) is 2.10. The zero-order valence-corrected chi connectivity index (χ0v) is 17.7. The standard InChI is InChI=1S/C24H26N4O3/c1-3-7-16(15-29)24-27-21(22-23(25)26-12-13-28(22)24)19-11-10-18(14-20(19)30-2)31-17-8-5-4-6-9-17/h4-6,8-14,16,29H,3,7,15H2,1-2H3,(H2,25,26). The summed E-state index contributed by atoms with van der Waals surface area (Å²) in [4.78, 5) is 9.15. The van der Waals surface area contributed by atoms with E-state index in [9.17, 15) is 5.11 Å². The molecule has 2 aromatic heterocycles. The Bertz CT molecular complexity index is 1170. The fraction of sp³-hybridized carbons (Fsp3) is 0.250. The first-order valence-corrected chi connectivity index (χ1v) is 10.3. The van der Waals surface area contributed by atoms with E-state index in [1.165, 1.54) is 0 Å². The molecule has 7 nitrogen and oxygen atoms in total. The van der Waals surface area contributed by atoms with Gasteiger partial charge in [0, 0.05) is 29.9 Å². The van der Waals surface area contributed by atoms with Crippen LogP contribution in [-0.4, -0.2) is 33.2 Å². The van der Waals surface area contributed by atoms with E-state index < -0.39 is 0 Å². The van der Waals surface area contributed by atoms with E-state index in [4.69, 9.17) is 20.2 Å². The molecule has 0 fully saturated rings. The Labute approximate surface area is 181 Å². The average molecular weight is 418 g/mol. The molecule has 1 atom stereocenters. The largest absolute Gasteiger partial charge is 0.496 e. The number of imidazole rings is 1. The van der Waals surface area contributed by atoms with Gasteiger partial charge in [-0.2, -0.15) is 0 Å². The number of methoxy groups -OCH3 is 1. The fourth-order valence-electron chi connectivity index (χ4n) is 3.77. The van der Waals surface area contributed by atoms with Crippen molar-refractivity contribution in [1.29, 1.82) is 0 Å². The normalized spacial score (nSPS) is 12.1. The summed E-state index contributed by atoms with van der Waals surface area (Å²) in [5.74, 6) is 3.04. The molecule has 7 heteroatoms. The van der Waals surface area contributed by atoms with Crippen molar-refractivity contribution in [3.05, 3.63) is 66.7 Å². The number of benzene rings is 2. The van der Waals surface area contributed by atoms with Gasteiger partial charge in [-0.25, -0.2) is 9.97 Å². The van der Waals surface area contributed by atoms with Crippen LogP contribution in [0.1, 0.15) is 31.5 Å². The van der Waals surface area contributed by atoms with Crippen LogP contribution in [0.25, 0.3) is 16.8 Å². The number of anilines is 1. The molecule has 4 aromatic rings. The molecule has 0 aliphatic rings. The highest BCUT2D eigenvalue weighted by Crippen LogP contribution is 2.39. The zero-order valence-electron chi connectivity index (χ0n) is 17.7. The lowest BCUT2D eigenvalue weighted by atomic mass is 10.0. The van der Waals surface area contributed by atoms with Crippen molar-refractivity contribution in [3.63, 3.8) is 0 Å². The van der Waals surface area contributed by atoms with Crippen LogP contribution in [0.3, 0.4) is 0 Å². The summed E-state index contributed by atoms with van der Waals surface area (Å²) < 4.78 is 13.5. The minimum absolute atomic E-state index is 0.00953. The number of hydrogen-bond acceptors (Lipinski definition) is 6. The predicted molar refractivity (Wildman–Crippen MR) is 121 cm³/mol. The molecule has 2 heterocycles. The molecule has 4 rings (SSSR count). The Kier molecular flexibility index (Phi) is 6.04. The van der Waals surface area contributed by atoms with E-state index in [1.54, 1.807) is 13.3 Å². The molecule has 0 amide bonds. The first-order chi connectivity index (χ1) is 15.2. The predicted octanol–water partition coefficient (Wildman–Crippen LogP) is 4.66. The van der Waals surface area contributed by atoms with Gasteiger partial charge in [-0.15, -0.1) is 0 Å². The van der Waals surface area contributed by atoms with Crippen LogP contribution in [0.15, 0.2) is 60.9 Å². The van der Waals surface area contributed by atoms with Crippen LogP contribution in [0, 0.1) is 0 Å². The summed E-state index contributed by atoms with van der Waals surface area (Å²) in [5, 5.41) is 9.96. The number of nitrogen functional groups attached to an aromatic ring is 1. The van der Waals surface area contributed by atoms with E-state index >= 15 is 0 Å². The fourth-order valence-corrected chi connectivity index (χ4v) is 3.77. The van der Waals surface area contributed by atoms with Gasteiger partial charge in [0.2, 0.25) is 0 Å². The maximum atomic E-state index is 9.96. The first kappa shape index (κ1) is 20.7. The van der Waals surface area contributed by atoms with Crippen LogP contribution in [0.2, 0.25) is 0 Å². The maximum absolute atomic E-state index is 9.96. The topological polar surface area (TPSA) is 94.9 Å². The zero-order chi connectivity index (χ0) is 21.8. The summed E-state index contributed by atoms with van der Waals surface area (Å²) in [6, 6.07) is 15.2. The summed E-state index contributed by atoms with van der Waals surface area (Å²) in [7, 11) is 1.61. The second-order valence-corrected chi connectivity index (χ2v) is 7.30. The van der Waals surface area contributed by atoms with Crippen LogP contribution in [-0.2, 0) is 0 Å². The SMILES string of the molecule is CCCC(CO)c1nc(-c2ccc(Oc3ccccc3)cc2OC)c2c(N)nccn12. The highest BCUT2D eigenvalue weighted by molar-refractivity contribution is 5.88. The molecule has 0 saturated carbocycles. The third-order valence-corrected chi connectivity index (χ3v) is 5.24. The number of aliphatic hydroxyl groups excluding tert-OH is 1. The Hall–Kier alpha value is -3.58. The van der Waals surface area contributed by atoms with Crippen LogP contribution >= 0.6 is 0 Å². The lowest BCUT2D eigenvalue weighted by Crippen LogP contribution is -2.09. The van der Waals surface area contributed by atoms with Gasteiger partial charge in [0.25, 0.3) is 0 Å². The molecule has 1 unspecified atom stereocenters. The van der Waals surface area contributed by atoms with E-state index in [1.807, 2.05) is 59.1 Å². The number of aliphatic hydroxyl groups is 1. The maximum Gasteiger partial charge on any atom is 0.150 e. The van der Waals surface area contributed by atoms with Gasteiger partial charge >= 0.3 is 0 Å². The van der Waals surface area contributed by atoms with E-state index in [-0.39, 0.29) is 12.5 Å². The van der Waals surface area contributed by atoms with Crippen LogP contribution in [0.4, 0.5) is 5.82 Å². The van der Waals surface area contributed by atoms with E-state index in [0.717, 1.165) is 30.0 Å². The molecule has 3 N–H and O–H groups in total. The molecule has 0 bridgehead atoms. The summed E-state index contributed by atoms with van der Waals surface area (Å²) in [6.07, 6.45) is 5.23. The second-order valence-electron chi connectivity index (χ2n) is 7.30. The van der Waals surface area contributed by atoms with Gasteiger partial charge in [0.1, 0.15) is 40.1 Å². The van der Waals surface area contributed by atoms with E-state index in [0.29, 0.717) is 28.5 Å². The summed E-state index contributed by atoms with van der Waals surface area (Å²) >= 11 is 0. The highest BCUT2D eigenvalue weighted by atomic mass is 16.5. The number of nitrogens with zero attached hydrogens (tertiary/aromatic N) is 3. The molecule has 31 heavy (non-hydrogen) atoms. The van der Waals surface area contributed by atoms with Crippen molar-refractivity contribution in [2.24, 2.45) is 0 Å². The molecular weight excluding hydrogens is 392 g/mol. The van der Waals surface area contributed by atoms with Crippen LogP contribution < -0.4 is 15.2 Å². The molecule has 2 aromatic carbocycles. The number of rotatable bonds is 8. The van der Waals surface area contributed by atoms with Crippen molar-refractivity contribution >= 4 is 11.3 Å². The Morgan fingerprint density at radius 1 is 1.13 bits per heavy atom. The van der Waals surface area contributed by atoms with Crippen molar-refractivity contribution in [1.82, 2.24) is 14.4 Å². The Morgan fingerprint density at radius 2 is 1.94 bits per heavy atom. The Morgan fingerprint density at radius 3 is 2.65 bits per heavy atom. The third-order valence-electron chi connectivity index (χ3n) is 5.24. The quantitative estimate of drug-likeness (QED) is 0.432. The lowest BCUT2D eigenvalue weighted by molar-refractivity contribution is 0.253. The number of ether oxygens (including phenoxy) is 2. The molecule has 0 aliphatic carbocycles. The number of aromatic nitrogens is 3. The lowest BCUT2D eigenvalue weighted by Gasteiger charge is -2.11. The number of hydrogen-bond donors (Lipinski definition) is 2. The molecule has 0 spiro atoms. The monoisotopic (exact) mass is 418 g/mol. The van der Waals surface area contributed by atoms with Gasteiger partial charge in [-0.3, -0.25) is 4.40 Å². The van der Waals surface area contributed by atoms with Gasteiger partial charge in [0.05, 0.1) is 13.7 Å². The van der Waals surface area contributed by atoms with Crippen molar-refractivity contribution in [2.45, 2.75) is 25.7 Å². The number of para-hydroxylation sites is 1. The van der Waals surface area contributed by atoms with Crippen molar-refractivity contribution < 1.29 is 14.6 Å². The molecular formula is C24H26N4O3. The van der Waals surface area contributed by atoms with Crippen LogP contribution in [0.5, 0.6) is 17.2 Å². The first-order valence-electron chi connectivity index (χ1n) is 10.3. The number of fused-ring (bicyclic) bond motifs is 1.